The summed E-state index contributed by atoms with van der Waals surface area (Å²) in [5, 5.41) is 4.81. The molecule has 0 aliphatic heterocycles. The highest BCUT2D eigenvalue weighted by atomic mass is 35.5. The number of aromatic nitrogens is 2. The number of benzene rings is 2. The Morgan fingerprint density at radius 3 is 2.52 bits per heavy atom. The lowest BCUT2D eigenvalue weighted by Gasteiger charge is -2.14. The number of amides is 1. The molecule has 0 aliphatic carbocycles. The lowest BCUT2D eigenvalue weighted by atomic mass is 10.2. The second kappa shape index (κ2) is 9.43. The summed E-state index contributed by atoms with van der Waals surface area (Å²) in [7, 11) is 0. The number of halogens is 1. The fraction of sp³-hybridized carbons (Fsp3) is 0.130. The molecule has 2 aromatic heterocycles. The van der Waals surface area contributed by atoms with E-state index in [2.05, 4.69) is 5.32 Å². The molecule has 8 nitrogen and oxygen atoms in total. The molecule has 0 radical (unpaired) electrons. The molecule has 1 amide bonds. The third-order valence-corrected chi connectivity index (χ3v) is 5.98. The van der Waals surface area contributed by atoms with Gasteiger partial charge in [0.05, 0.1) is 29.1 Å². The smallest absolute Gasteiger partial charge is 0.340 e. The first kappa shape index (κ1) is 22.5. The molecule has 0 spiro atoms. The van der Waals surface area contributed by atoms with Crippen molar-refractivity contribution in [3.63, 3.8) is 0 Å². The fourth-order valence-corrected chi connectivity index (χ4v) is 4.32. The number of rotatable bonds is 6. The number of nitrogens with zero attached hydrogens (tertiary/aromatic N) is 2. The molecule has 2 heterocycles. The molecule has 4 rings (SSSR count). The lowest BCUT2D eigenvalue weighted by Crippen LogP contribution is -2.40. The van der Waals surface area contributed by atoms with Gasteiger partial charge in [-0.25, -0.2) is 14.2 Å². The van der Waals surface area contributed by atoms with E-state index in [0.717, 1.165) is 4.57 Å². The zero-order valence-electron chi connectivity index (χ0n) is 17.4. The summed E-state index contributed by atoms with van der Waals surface area (Å²) >= 11 is 7.11. The number of carbonyl (C=O) groups is 2. The van der Waals surface area contributed by atoms with Crippen LogP contribution in [0.15, 0.2) is 69.6 Å². The molecule has 0 unspecified atom stereocenters. The Morgan fingerprint density at radius 1 is 1.06 bits per heavy atom. The topological polar surface area (TPSA) is 99.4 Å². The van der Waals surface area contributed by atoms with E-state index in [0.29, 0.717) is 20.9 Å². The van der Waals surface area contributed by atoms with Gasteiger partial charge in [0.2, 0.25) is 5.91 Å². The maximum Gasteiger partial charge on any atom is 0.340 e. The molecular formula is C23H18ClN3O5S. The maximum atomic E-state index is 13.3. The average Bonchev–Trinajstić information content (AvgIpc) is 3.29. The van der Waals surface area contributed by atoms with Gasteiger partial charge in [-0.2, -0.15) is 0 Å². The number of para-hydroxylation sites is 1. The summed E-state index contributed by atoms with van der Waals surface area (Å²) in [5.74, 6) is -1.11. The molecule has 4 aromatic rings. The van der Waals surface area contributed by atoms with E-state index >= 15 is 0 Å². The first-order valence-electron chi connectivity index (χ1n) is 9.95. The van der Waals surface area contributed by atoms with Crippen LogP contribution in [-0.2, 0) is 16.1 Å². The van der Waals surface area contributed by atoms with E-state index in [-0.39, 0.29) is 24.4 Å². The van der Waals surface area contributed by atoms with Crippen LogP contribution >= 0.6 is 22.9 Å². The molecule has 0 saturated heterocycles. The van der Waals surface area contributed by atoms with E-state index in [1.807, 2.05) is 0 Å². The molecule has 168 valence electrons. The predicted octanol–water partition coefficient (Wildman–Crippen LogP) is 3.68. The molecule has 0 atom stereocenters. The van der Waals surface area contributed by atoms with Crippen LogP contribution in [-0.4, -0.2) is 27.6 Å². The molecule has 1 N–H and O–H groups in total. The summed E-state index contributed by atoms with van der Waals surface area (Å²) in [4.78, 5) is 51.3. The van der Waals surface area contributed by atoms with Crippen molar-refractivity contribution >= 4 is 50.7 Å². The van der Waals surface area contributed by atoms with Crippen molar-refractivity contribution in [2.45, 2.75) is 13.5 Å². The maximum absolute atomic E-state index is 13.3. The molecule has 2 aromatic carbocycles. The Hall–Kier alpha value is -3.69. The fourth-order valence-electron chi connectivity index (χ4n) is 3.37. The van der Waals surface area contributed by atoms with Gasteiger partial charge in [0.15, 0.2) is 0 Å². The second-order valence-corrected chi connectivity index (χ2v) is 8.29. The SMILES string of the molecule is CCOC(=O)c1ccccc1NC(=O)Cn1c(=O)n(-c2ccc(Cl)cc2)c(=O)c2sccc21. The summed E-state index contributed by atoms with van der Waals surface area (Å²) in [6, 6.07) is 14.3. The Kier molecular flexibility index (Phi) is 6.43. The Morgan fingerprint density at radius 2 is 1.79 bits per heavy atom. The van der Waals surface area contributed by atoms with Gasteiger partial charge in [-0.1, -0.05) is 23.7 Å². The largest absolute Gasteiger partial charge is 0.462 e. The van der Waals surface area contributed by atoms with Crippen molar-refractivity contribution in [2.24, 2.45) is 0 Å². The minimum absolute atomic E-state index is 0.193. The van der Waals surface area contributed by atoms with Gasteiger partial charge < -0.3 is 10.1 Å². The number of thiophene rings is 1. The second-order valence-electron chi connectivity index (χ2n) is 6.93. The van der Waals surface area contributed by atoms with Crippen LogP contribution in [0.3, 0.4) is 0 Å². The van der Waals surface area contributed by atoms with Crippen molar-refractivity contribution < 1.29 is 14.3 Å². The van der Waals surface area contributed by atoms with Crippen molar-refractivity contribution in [3.8, 4) is 5.69 Å². The van der Waals surface area contributed by atoms with Crippen LogP contribution in [0.1, 0.15) is 17.3 Å². The lowest BCUT2D eigenvalue weighted by molar-refractivity contribution is -0.116. The molecule has 0 fully saturated rings. The van der Waals surface area contributed by atoms with E-state index < -0.39 is 23.1 Å². The highest BCUT2D eigenvalue weighted by molar-refractivity contribution is 7.17. The first-order valence-corrected chi connectivity index (χ1v) is 11.2. The highest BCUT2D eigenvalue weighted by Gasteiger charge is 2.19. The van der Waals surface area contributed by atoms with Crippen molar-refractivity contribution in [1.82, 2.24) is 9.13 Å². The van der Waals surface area contributed by atoms with Crippen molar-refractivity contribution in [1.29, 1.82) is 0 Å². The highest BCUT2D eigenvalue weighted by Crippen LogP contribution is 2.19. The number of carbonyl (C=O) groups excluding carboxylic acids is 2. The number of anilines is 1. The number of hydrogen-bond acceptors (Lipinski definition) is 6. The van der Waals surface area contributed by atoms with Gasteiger partial charge >= 0.3 is 11.7 Å². The predicted molar refractivity (Wildman–Crippen MR) is 128 cm³/mol. The molecule has 0 saturated carbocycles. The van der Waals surface area contributed by atoms with Crippen LogP contribution in [0, 0.1) is 0 Å². The van der Waals surface area contributed by atoms with Crippen LogP contribution < -0.4 is 16.6 Å². The molecule has 33 heavy (non-hydrogen) atoms. The van der Waals surface area contributed by atoms with Gasteiger partial charge in [-0.15, -0.1) is 11.3 Å². The van der Waals surface area contributed by atoms with E-state index in [9.17, 15) is 19.2 Å². The van der Waals surface area contributed by atoms with Crippen LogP contribution in [0.25, 0.3) is 15.9 Å². The quantitative estimate of drug-likeness (QED) is 0.422. The zero-order chi connectivity index (χ0) is 23.5. The van der Waals surface area contributed by atoms with E-state index in [4.69, 9.17) is 16.3 Å². The van der Waals surface area contributed by atoms with Crippen LogP contribution in [0.4, 0.5) is 5.69 Å². The Balaban J connectivity index is 1.73. The summed E-state index contributed by atoms with van der Waals surface area (Å²) in [6.07, 6.45) is 0. The van der Waals surface area contributed by atoms with Gasteiger partial charge in [0.1, 0.15) is 11.2 Å². The standard InChI is InChI=1S/C23H18ClN3O5S/c1-2-32-22(30)16-5-3-4-6-17(16)25-19(28)13-26-18-11-12-33-20(18)21(29)27(23(26)31)15-9-7-14(24)8-10-15/h3-12H,2,13H2,1H3,(H,25,28). The normalized spacial score (nSPS) is 10.8. The first-order chi connectivity index (χ1) is 15.9. The number of ether oxygens (including phenoxy) is 1. The average molecular weight is 484 g/mol. The molecular weight excluding hydrogens is 466 g/mol. The van der Waals surface area contributed by atoms with Crippen molar-refractivity contribution in [2.75, 3.05) is 11.9 Å². The number of hydrogen-bond donors (Lipinski definition) is 1. The summed E-state index contributed by atoms with van der Waals surface area (Å²) in [6.45, 7) is 1.52. The number of nitrogens with one attached hydrogen (secondary N) is 1. The minimum Gasteiger partial charge on any atom is -0.462 e. The van der Waals surface area contributed by atoms with E-state index in [1.165, 1.54) is 22.0 Å². The zero-order valence-corrected chi connectivity index (χ0v) is 19.0. The summed E-state index contributed by atoms with van der Waals surface area (Å²) < 4.78 is 7.60. The number of esters is 1. The third-order valence-electron chi connectivity index (χ3n) is 4.84. The monoisotopic (exact) mass is 483 g/mol. The Bertz CT molecular complexity index is 1470. The van der Waals surface area contributed by atoms with E-state index in [1.54, 1.807) is 60.8 Å². The van der Waals surface area contributed by atoms with Gasteiger partial charge in [0.25, 0.3) is 5.56 Å². The van der Waals surface area contributed by atoms with Crippen LogP contribution in [0.2, 0.25) is 5.02 Å². The Labute approximate surface area is 196 Å². The molecule has 0 bridgehead atoms. The number of fused-ring (bicyclic) bond motifs is 1. The van der Waals surface area contributed by atoms with Gasteiger partial charge in [-0.3, -0.25) is 14.2 Å². The van der Waals surface area contributed by atoms with Crippen molar-refractivity contribution in [3.05, 3.63) is 91.4 Å². The summed E-state index contributed by atoms with van der Waals surface area (Å²) in [5.41, 5.74) is 0.0210. The minimum atomic E-state index is -0.665. The molecule has 10 heteroatoms. The van der Waals surface area contributed by atoms with Gasteiger partial charge in [0, 0.05) is 5.02 Å². The third kappa shape index (κ3) is 4.46. The molecule has 0 aliphatic rings. The van der Waals surface area contributed by atoms with Crippen LogP contribution in [0.5, 0.6) is 0 Å². The van der Waals surface area contributed by atoms with Gasteiger partial charge in [-0.05, 0) is 54.8 Å².